The molecule has 0 aromatic heterocycles. The van der Waals surface area contributed by atoms with Gasteiger partial charge in [-0.25, -0.2) is 4.39 Å². The molecular weight excluding hydrogens is 271 g/mol. The van der Waals surface area contributed by atoms with Gasteiger partial charge in [0.05, 0.1) is 9.22 Å². The average molecular weight is 278 g/mol. The number of rotatable bonds is 2. The Balaban J connectivity index is 2.43. The lowest BCUT2D eigenvalue weighted by Gasteiger charge is -2.19. The van der Waals surface area contributed by atoms with E-state index in [9.17, 15) is 13.2 Å². The fourth-order valence-electron chi connectivity index (χ4n) is 1.44. The summed E-state index contributed by atoms with van der Waals surface area (Å²) >= 11 is 0.915. The van der Waals surface area contributed by atoms with Crippen LogP contribution in [0.3, 0.4) is 0 Å². The molecule has 1 fully saturated rings. The lowest BCUT2D eigenvalue weighted by Crippen LogP contribution is -2.13. The first-order chi connectivity index (χ1) is 6.56. The van der Waals surface area contributed by atoms with Gasteiger partial charge in [0.1, 0.15) is 5.82 Å². The average Bonchev–Trinajstić information content (AvgIpc) is 2.90. The highest BCUT2D eigenvalue weighted by Crippen LogP contribution is 2.50. The Morgan fingerprint density at radius 3 is 2.57 bits per heavy atom. The van der Waals surface area contributed by atoms with Crippen LogP contribution in [0.5, 0.6) is 0 Å². The summed E-state index contributed by atoms with van der Waals surface area (Å²) in [5.74, 6) is -0.374. The summed E-state index contributed by atoms with van der Waals surface area (Å²) in [7, 11) is 0. The molecule has 1 saturated carbocycles. The molecule has 0 bridgehead atoms. The van der Waals surface area contributed by atoms with E-state index in [1.165, 1.54) is 18.2 Å². The zero-order chi connectivity index (χ0) is 10.3. The predicted molar refractivity (Wildman–Crippen MR) is 53.9 cm³/mol. The Morgan fingerprint density at radius 2 is 2.14 bits per heavy atom. The normalized spacial score (nSPS) is 20.5. The van der Waals surface area contributed by atoms with Gasteiger partial charge in [-0.05, 0) is 57.5 Å². The van der Waals surface area contributed by atoms with Crippen molar-refractivity contribution < 1.29 is 13.2 Å². The molecule has 1 unspecified atom stereocenters. The van der Waals surface area contributed by atoms with Crippen molar-refractivity contribution in [3.05, 3.63) is 34.1 Å². The van der Waals surface area contributed by atoms with Gasteiger partial charge in [0.2, 0.25) is 0 Å². The van der Waals surface area contributed by atoms with Crippen LogP contribution < -0.4 is 0 Å². The summed E-state index contributed by atoms with van der Waals surface area (Å²) in [5.41, 5.74) is 0.666. The van der Waals surface area contributed by atoms with Crippen LogP contribution in [0, 0.1) is 5.82 Å². The largest absolute Gasteiger partial charge is 0.772 e. The molecule has 0 amide bonds. The van der Waals surface area contributed by atoms with E-state index in [0.717, 1.165) is 0 Å². The van der Waals surface area contributed by atoms with Crippen LogP contribution in [0.4, 0.5) is 4.39 Å². The summed E-state index contributed by atoms with van der Waals surface area (Å²) in [6.45, 7) is 0. The van der Waals surface area contributed by atoms with E-state index >= 15 is 0 Å². The van der Waals surface area contributed by atoms with Crippen LogP contribution in [0.25, 0.3) is 0 Å². The maximum atomic E-state index is 12.9. The standard InChI is InChI=1S/C9H8BrFO2S/c10-7-5-6(1-2-8(7)11)9(3-4-9)14(12)13/h1-2,5H,3-4H2,(H,12,13)/p-1. The molecule has 0 spiro atoms. The first-order valence-electron chi connectivity index (χ1n) is 4.11. The molecule has 5 heteroatoms. The summed E-state index contributed by atoms with van der Waals surface area (Å²) in [6, 6.07) is 4.35. The van der Waals surface area contributed by atoms with E-state index in [0.29, 0.717) is 22.9 Å². The van der Waals surface area contributed by atoms with Gasteiger partial charge < -0.3 is 4.55 Å². The van der Waals surface area contributed by atoms with Crippen LogP contribution in [0.1, 0.15) is 18.4 Å². The van der Waals surface area contributed by atoms with Crippen molar-refractivity contribution in [2.24, 2.45) is 0 Å². The minimum absolute atomic E-state index is 0.312. The van der Waals surface area contributed by atoms with E-state index in [1.807, 2.05) is 0 Å². The van der Waals surface area contributed by atoms with Crippen molar-refractivity contribution in [2.45, 2.75) is 17.6 Å². The van der Waals surface area contributed by atoms with Gasteiger partial charge in [-0.15, -0.1) is 0 Å². The predicted octanol–water partition coefficient (Wildman–Crippen LogP) is 2.46. The molecule has 1 aliphatic carbocycles. The molecule has 0 saturated heterocycles. The van der Waals surface area contributed by atoms with Crippen LogP contribution in [-0.4, -0.2) is 8.76 Å². The van der Waals surface area contributed by atoms with Crippen molar-refractivity contribution in [3.8, 4) is 0 Å². The molecule has 1 aromatic rings. The number of hydrogen-bond acceptors (Lipinski definition) is 2. The molecule has 0 radical (unpaired) electrons. The van der Waals surface area contributed by atoms with Crippen LogP contribution >= 0.6 is 15.9 Å². The lowest BCUT2D eigenvalue weighted by molar-refractivity contribution is 0.521. The van der Waals surface area contributed by atoms with Gasteiger partial charge in [0.15, 0.2) is 0 Å². The SMILES string of the molecule is O=S([O-])C1(c2ccc(F)c(Br)c2)CC1. The van der Waals surface area contributed by atoms with Gasteiger partial charge in [-0.2, -0.15) is 0 Å². The van der Waals surface area contributed by atoms with Gasteiger partial charge in [-0.3, -0.25) is 4.21 Å². The van der Waals surface area contributed by atoms with Crippen LogP contribution in [-0.2, 0) is 15.8 Å². The first kappa shape index (κ1) is 10.3. The molecule has 0 aliphatic heterocycles. The second kappa shape index (κ2) is 3.40. The maximum Gasteiger partial charge on any atom is 0.137 e. The Hall–Kier alpha value is -0.260. The third-order valence-corrected chi connectivity index (χ3v) is 4.36. The monoisotopic (exact) mass is 277 g/mol. The Morgan fingerprint density at radius 1 is 1.50 bits per heavy atom. The summed E-state index contributed by atoms with van der Waals surface area (Å²) < 4.78 is 34.4. The fraction of sp³-hybridized carbons (Fsp3) is 0.333. The Kier molecular flexibility index (Phi) is 2.49. The minimum Gasteiger partial charge on any atom is -0.772 e. The van der Waals surface area contributed by atoms with E-state index in [-0.39, 0.29) is 5.82 Å². The second-order valence-electron chi connectivity index (χ2n) is 3.36. The number of halogens is 2. The maximum absolute atomic E-state index is 12.9. The molecule has 2 rings (SSSR count). The summed E-state index contributed by atoms with van der Waals surface area (Å²) in [5, 5.41) is 0. The second-order valence-corrected chi connectivity index (χ2v) is 5.46. The van der Waals surface area contributed by atoms with Crippen LogP contribution in [0.2, 0.25) is 0 Å². The lowest BCUT2D eigenvalue weighted by atomic mass is 10.1. The smallest absolute Gasteiger partial charge is 0.137 e. The fourth-order valence-corrected chi connectivity index (χ4v) is 2.58. The Labute approximate surface area is 91.9 Å². The molecule has 2 nitrogen and oxygen atoms in total. The molecule has 0 N–H and O–H groups in total. The third-order valence-electron chi connectivity index (χ3n) is 2.47. The zero-order valence-corrected chi connectivity index (χ0v) is 9.53. The van der Waals surface area contributed by atoms with Crippen LogP contribution in [0.15, 0.2) is 22.7 Å². The van der Waals surface area contributed by atoms with Crippen molar-refractivity contribution in [1.82, 2.24) is 0 Å². The summed E-state index contributed by atoms with van der Waals surface area (Å²) in [4.78, 5) is 0. The highest BCUT2D eigenvalue weighted by Gasteiger charge is 2.46. The van der Waals surface area contributed by atoms with E-state index in [4.69, 9.17) is 0 Å². The molecule has 1 atom stereocenters. The highest BCUT2D eigenvalue weighted by molar-refractivity contribution is 9.10. The van der Waals surface area contributed by atoms with E-state index in [1.54, 1.807) is 0 Å². The van der Waals surface area contributed by atoms with E-state index in [2.05, 4.69) is 15.9 Å². The minimum atomic E-state index is -2.12. The zero-order valence-electron chi connectivity index (χ0n) is 7.13. The molecule has 14 heavy (non-hydrogen) atoms. The summed E-state index contributed by atoms with van der Waals surface area (Å²) in [6.07, 6.45) is 1.25. The van der Waals surface area contributed by atoms with Gasteiger partial charge in [0, 0.05) is 0 Å². The number of benzene rings is 1. The molecule has 0 heterocycles. The molecule has 1 aliphatic rings. The molecule has 76 valence electrons. The quantitative estimate of drug-likeness (QED) is 0.780. The van der Waals surface area contributed by atoms with Crippen molar-refractivity contribution in [2.75, 3.05) is 0 Å². The highest BCUT2D eigenvalue weighted by atomic mass is 79.9. The van der Waals surface area contributed by atoms with Crippen molar-refractivity contribution in [3.63, 3.8) is 0 Å². The molecular formula is C9H7BrFO2S-. The molecule has 1 aromatic carbocycles. The third kappa shape index (κ3) is 1.53. The van der Waals surface area contributed by atoms with Gasteiger partial charge >= 0.3 is 0 Å². The topological polar surface area (TPSA) is 40.1 Å². The van der Waals surface area contributed by atoms with Gasteiger partial charge in [-0.1, -0.05) is 6.07 Å². The van der Waals surface area contributed by atoms with E-state index < -0.39 is 15.8 Å². The number of hydrogen-bond donors (Lipinski definition) is 0. The first-order valence-corrected chi connectivity index (χ1v) is 5.98. The van der Waals surface area contributed by atoms with Crippen molar-refractivity contribution in [1.29, 1.82) is 0 Å². The van der Waals surface area contributed by atoms with Crippen molar-refractivity contribution >= 4 is 27.0 Å². The Bertz CT molecular complexity index is 404. The van der Waals surface area contributed by atoms with Gasteiger partial charge in [0.25, 0.3) is 0 Å².